The molecule has 1 aromatic carbocycles. The summed E-state index contributed by atoms with van der Waals surface area (Å²) >= 11 is 1.35. The van der Waals surface area contributed by atoms with E-state index in [-0.39, 0.29) is 30.9 Å². The number of halogens is 7. The Bertz CT molecular complexity index is 974. The number of carbonyl (C=O) groups excluding carboxylic acids is 1. The van der Waals surface area contributed by atoms with Gasteiger partial charge in [-0.3, -0.25) is 9.79 Å². The molecule has 12 heteroatoms. The third-order valence-electron chi connectivity index (χ3n) is 5.10. The molecule has 32 heavy (non-hydrogen) atoms. The number of carbonyl (C=O) groups is 1. The summed E-state index contributed by atoms with van der Waals surface area (Å²) in [7, 11) is 1.73. The molecule has 178 valence electrons. The maximum Gasteiger partial charge on any atom is 0.416 e. The van der Waals surface area contributed by atoms with Crippen molar-refractivity contribution >= 4 is 35.3 Å². The van der Waals surface area contributed by atoms with E-state index in [1.54, 1.807) is 17.0 Å². The molecule has 4 nitrogen and oxygen atoms in total. The molecule has 1 aliphatic rings. The van der Waals surface area contributed by atoms with Crippen LogP contribution in [0.3, 0.4) is 0 Å². The molecule has 0 saturated heterocycles. The molecule has 1 aliphatic carbocycles. The number of hydrogen-bond acceptors (Lipinski definition) is 3. The Morgan fingerprint density at radius 3 is 2.16 bits per heavy atom. The molecule has 1 aromatic heterocycles. The second-order valence-corrected chi connectivity index (χ2v) is 8.35. The lowest BCUT2D eigenvalue weighted by Crippen LogP contribution is -2.22. The van der Waals surface area contributed by atoms with Crippen molar-refractivity contribution in [3.63, 3.8) is 0 Å². The van der Waals surface area contributed by atoms with E-state index in [4.69, 9.17) is 4.99 Å². The number of aromatic nitrogens is 1. The Kier molecular flexibility index (Phi) is 8.44. The average molecular weight is 502 g/mol. The molecule has 1 N–H and O–H groups in total. The van der Waals surface area contributed by atoms with Crippen LogP contribution in [0.2, 0.25) is 0 Å². The highest BCUT2D eigenvalue weighted by Crippen LogP contribution is 2.37. The number of nitrogens with zero attached hydrogens (tertiary/aromatic N) is 2. The molecule has 0 spiro atoms. The molecule has 0 unspecified atom stereocenters. The van der Waals surface area contributed by atoms with Crippen LogP contribution in [0.5, 0.6) is 0 Å². The van der Waals surface area contributed by atoms with E-state index < -0.39 is 35.1 Å². The fraction of sp³-hybridized carbons (Fsp3) is 0.500. The SMILES string of the molecule is Cl.Cn1c(CC(=O)Nc2cc(C(F)(F)F)cc(C(F)(F)F)c2)csc1=NC1CCCCC1. The van der Waals surface area contributed by atoms with Crippen LogP contribution in [0.4, 0.5) is 32.0 Å². The van der Waals surface area contributed by atoms with Gasteiger partial charge in [0, 0.05) is 23.8 Å². The zero-order chi connectivity index (χ0) is 22.8. The third kappa shape index (κ3) is 6.74. The van der Waals surface area contributed by atoms with Gasteiger partial charge in [0.25, 0.3) is 0 Å². The van der Waals surface area contributed by atoms with Crippen LogP contribution < -0.4 is 10.1 Å². The van der Waals surface area contributed by atoms with Gasteiger partial charge < -0.3 is 9.88 Å². The van der Waals surface area contributed by atoms with Crippen molar-refractivity contribution < 1.29 is 31.1 Å². The van der Waals surface area contributed by atoms with E-state index in [0.29, 0.717) is 17.8 Å². The van der Waals surface area contributed by atoms with Gasteiger partial charge in [-0.15, -0.1) is 23.7 Å². The summed E-state index contributed by atoms with van der Waals surface area (Å²) in [5.41, 5.74) is -2.95. The molecule has 1 heterocycles. The summed E-state index contributed by atoms with van der Waals surface area (Å²) < 4.78 is 79.6. The number of thiazole rings is 1. The topological polar surface area (TPSA) is 46.4 Å². The number of nitrogens with one attached hydrogen (secondary N) is 1. The maximum atomic E-state index is 13.0. The smallest absolute Gasteiger partial charge is 0.326 e. The van der Waals surface area contributed by atoms with Crippen LogP contribution in [0.15, 0.2) is 28.6 Å². The van der Waals surface area contributed by atoms with Gasteiger partial charge in [0.15, 0.2) is 4.80 Å². The van der Waals surface area contributed by atoms with Crippen molar-refractivity contribution in [1.82, 2.24) is 4.57 Å². The average Bonchev–Trinajstić information content (AvgIpc) is 3.00. The first-order valence-corrected chi connectivity index (χ1v) is 10.6. The summed E-state index contributed by atoms with van der Waals surface area (Å²) in [5.74, 6) is -0.718. The largest absolute Gasteiger partial charge is 0.416 e. The molecular weight excluding hydrogens is 480 g/mol. The quantitative estimate of drug-likeness (QED) is 0.516. The molecule has 0 aliphatic heterocycles. The Morgan fingerprint density at radius 1 is 1.06 bits per heavy atom. The first-order chi connectivity index (χ1) is 14.4. The molecule has 3 rings (SSSR count). The molecular formula is C20H22ClF6N3OS. The number of amides is 1. The van der Waals surface area contributed by atoms with Crippen LogP contribution in [0.25, 0.3) is 0 Å². The lowest BCUT2D eigenvalue weighted by atomic mass is 9.96. The van der Waals surface area contributed by atoms with Crippen LogP contribution in [-0.2, 0) is 30.6 Å². The first kappa shape index (κ1) is 26.2. The van der Waals surface area contributed by atoms with Crippen molar-refractivity contribution in [3.05, 3.63) is 45.2 Å². The second-order valence-electron chi connectivity index (χ2n) is 7.51. The monoisotopic (exact) mass is 501 g/mol. The number of anilines is 1. The normalized spacial score (nSPS) is 16.0. The van der Waals surface area contributed by atoms with Crippen molar-refractivity contribution in [2.75, 3.05) is 5.32 Å². The first-order valence-electron chi connectivity index (χ1n) is 9.70. The lowest BCUT2D eigenvalue weighted by Gasteiger charge is -2.17. The van der Waals surface area contributed by atoms with Gasteiger partial charge in [0.1, 0.15) is 0 Å². The predicted octanol–water partition coefficient (Wildman–Crippen LogP) is 5.96. The summed E-state index contributed by atoms with van der Waals surface area (Å²) in [4.78, 5) is 17.8. The van der Waals surface area contributed by atoms with Crippen molar-refractivity contribution in [2.24, 2.45) is 12.0 Å². The molecule has 0 bridgehead atoms. The standard InChI is InChI=1S/C20H21F6N3OS.ClH/c1-29-16(11-31-18(29)28-14-5-3-2-4-6-14)10-17(30)27-15-8-12(19(21,22)23)7-13(9-15)20(24,25)26;/h7-9,11,14H,2-6,10H2,1H3,(H,27,30);1H. The van der Waals surface area contributed by atoms with Gasteiger partial charge in [-0.2, -0.15) is 26.3 Å². The van der Waals surface area contributed by atoms with E-state index >= 15 is 0 Å². The molecule has 0 radical (unpaired) electrons. The Labute approximate surface area is 190 Å². The number of rotatable bonds is 4. The van der Waals surface area contributed by atoms with Gasteiger partial charge in [0.2, 0.25) is 5.91 Å². The molecule has 1 amide bonds. The second kappa shape index (κ2) is 10.3. The van der Waals surface area contributed by atoms with E-state index in [9.17, 15) is 31.1 Å². The van der Waals surface area contributed by atoms with Crippen molar-refractivity contribution in [3.8, 4) is 0 Å². The summed E-state index contributed by atoms with van der Waals surface area (Å²) in [5, 5.41) is 3.87. The zero-order valence-corrected chi connectivity index (χ0v) is 18.6. The van der Waals surface area contributed by atoms with Gasteiger partial charge >= 0.3 is 12.4 Å². The number of benzene rings is 1. The van der Waals surface area contributed by atoms with E-state index in [2.05, 4.69) is 5.32 Å². The zero-order valence-electron chi connectivity index (χ0n) is 17.0. The molecule has 2 aromatic rings. The van der Waals surface area contributed by atoms with Gasteiger partial charge in [-0.25, -0.2) is 0 Å². The minimum absolute atomic E-state index is 0. The maximum absolute atomic E-state index is 13.0. The highest BCUT2D eigenvalue weighted by molar-refractivity contribution is 7.07. The van der Waals surface area contributed by atoms with E-state index in [1.807, 2.05) is 0 Å². The minimum Gasteiger partial charge on any atom is -0.326 e. The molecule has 1 saturated carbocycles. The summed E-state index contributed by atoms with van der Waals surface area (Å²) in [6.07, 6.45) is -4.71. The van der Waals surface area contributed by atoms with Gasteiger partial charge in [-0.05, 0) is 31.0 Å². The molecule has 1 fully saturated rings. The van der Waals surface area contributed by atoms with Crippen LogP contribution in [0.1, 0.15) is 48.9 Å². The highest BCUT2D eigenvalue weighted by Gasteiger charge is 2.37. The van der Waals surface area contributed by atoms with Gasteiger partial charge in [-0.1, -0.05) is 19.3 Å². The Morgan fingerprint density at radius 2 is 1.62 bits per heavy atom. The van der Waals surface area contributed by atoms with Crippen molar-refractivity contribution in [1.29, 1.82) is 0 Å². The molecule has 0 atom stereocenters. The van der Waals surface area contributed by atoms with Crippen LogP contribution in [-0.4, -0.2) is 16.5 Å². The van der Waals surface area contributed by atoms with Crippen LogP contribution in [0, 0.1) is 0 Å². The summed E-state index contributed by atoms with van der Waals surface area (Å²) in [6.45, 7) is 0. The van der Waals surface area contributed by atoms with E-state index in [0.717, 1.165) is 30.5 Å². The highest BCUT2D eigenvalue weighted by atomic mass is 35.5. The number of hydrogen-bond donors (Lipinski definition) is 1. The predicted molar refractivity (Wildman–Crippen MR) is 112 cm³/mol. The van der Waals surface area contributed by atoms with E-state index in [1.165, 1.54) is 17.8 Å². The Balaban J connectivity index is 0.00000363. The van der Waals surface area contributed by atoms with Crippen molar-refractivity contribution in [2.45, 2.75) is 56.9 Å². The summed E-state index contributed by atoms with van der Waals surface area (Å²) in [6, 6.07) is 1.23. The number of alkyl halides is 6. The third-order valence-corrected chi connectivity index (χ3v) is 6.08. The fourth-order valence-corrected chi connectivity index (χ4v) is 4.41. The van der Waals surface area contributed by atoms with Crippen LogP contribution >= 0.6 is 23.7 Å². The fourth-order valence-electron chi connectivity index (χ4n) is 3.44. The minimum atomic E-state index is -4.98. The lowest BCUT2D eigenvalue weighted by molar-refractivity contribution is -0.143. The van der Waals surface area contributed by atoms with Gasteiger partial charge in [0.05, 0.1) is 23.6 Å². The Hall–Kier alpha value is -2.01.